The van der Waals surface area contributed by atoms with Crippen molar-refractivity contribution in [3.8, 4) is 39.6 Å². The summed E-state index contributed by atoms with van der Waals surface area (Å²) in [6.45, 7) is 0. The summed E-state index contributed by atoms with van der Waals surface area (Å²) in [5.74, 6) is 1.83. The third kappa shape index (κ3) is 3.24. The average molecular weight is 410 g/mol. The number of nitrogens with zero attached hydrogens (tertiary/aromatic N) is 1. The van der Waals surface area contributed by atoms with E-state index in [0.717, 1.165) is 44.1 Å². The van der Waals surface area contributed by atoms with E-state index in [1.807, 2.05) is 30.6 Å². The summed E-state index contributed by atoms with van der Waals surface area (Å²) in [7, 11) is 4.86. The highest BCUT2D eigenvalue weighted by molar-refractivity contribution is 5.99. The molecule has 2 aromatic heterocycles. The quantitative estimate of drug-likeness (QED) is 0.382. The molecular formula is C26H22N2O3. The number of benzene rings is 3. The highest BCUT2D eigenvalue weighted by atomic mass is 16.5. The van der Waals surface area contributed by atoms with Gasteiger partial charge in [-0.2, -0.15) is 0 Å². The molecule has 154 valence electrons. The molecule has 0 amide bonds. The first-order valence-corrected chi connectivity index (χ1v) is 9.98. The lowest BCUT2D eigenvalue weighted by Gasteiger charge is -2.15. The van der Waals surface area contributed by atoms with E-state index in [9.17, 15) is 0 Å². The van der Waals surface area contributed by atoms with Gasteiger partial charge in [0.05, 0.1) is 27.0 Å². The lowest BCUT2D eigenvalue weighted by Crippen LogP contribution is -1.96. The molecule has 0 radical (unpaired) electrons. The molecule has 0 bridgehead atoms. The number of fused-ring (bicyclic) bond motifs is 2. The Balaban J connectivity index is 1.69. The number of rotatable bonds is 5. The summed E-state index contributed by atoms with van der Waals surface area (Å²) >= 11 is 0. The van der Waals surface area contributed by atoms with Gasteiger partial charge in [0.2, 0.25) is 5.75 Å². The zero-order valence-corrected chi connectivity index (χ0v) is 17.6. The zero-order chi connectivity index (χ0) is 21.4. The van der Waals surface area contributed by atoms with E-state index in [1.165, 1.54) is 0 Å². The molecule has 5 nitrogen and oxygen atoms in total. The van der Waals surface area contributed by atoms with Gasteiger partial charge in [0.15, 0.2) is 11.5 Å². The van der Waals surface area contributed by atoms with Crippen LogP contribution in [-0.4, -0.2) is 31.3 Å². The molecule has 0 aliphatic carbocycles. The molecule has 0 saturated heterocycles. The van der Waals surface area contributed by atoms with Gasteiger partial charge in [-0.05, 0) is 59.0 Å². The number of H-pyrrole nitrogens is 1. The standard InChI is InChI=1S/C26H22N2O3/c1-29-23-14-20(15-24(30-2)26(23)31-3)17-5-4-16-8-11-28-25(21(16)13-17)19-6-7-22-18(12-19)9-10-27-22/h4-15,27H,1-3H3. The lowest BCUT2D eigenvalue weighted by molar-refractivity contribution is 0.324. The van der Waals surface area contributed by atoms with Gasteiger partial charge in [-0.1, -0.05) is 18.2 Å². The summed E-state index contributed by atoms with van der Waals surface area (Å²) in [5, 5.41) is 3.39. The Morgan fingerprint density at radius 2 is 1.45 bits per heavy atom. The molecule has 31 heavy (non-hydrogen) atoms. The van der Waals surface area contributed by atoms with Gasteiger partial charge in [-0.3, -0.25) is 4.98 Å². The van der Waals surface area contributed by atoms with Gasteiger partial charge < -0.3 is 19.2 Å². The molecule has 3 aromatic carbocycles. The summed E-state index contributed by atoms with van der Waals surface area (Å²) in [6.07, 6.45) is 3.81. The van der Waals surface area contributed by atoms with E-state index in [1.54, 1.807) is 21.3 Å². The van der Waals surface area contributed by atoms with E-state index in [-0.39, 0.29) is 0 Å². The van der Waals surface area contributed by atoms with Gasteiger partial charge in [-0.15, -0.1) is 0 Å². The van der Waals surface area contributed by atoms with Crippen LogP contribution in [0.2, 0.25) is 0 Å². The molecule has 5 aromatic rings. The molecule has 2 heterocycles. The molecule has 5 rings (SSSR count). The smallest absolute Gasteiger partial charge is 0.203 e. The second-order valence-electron chi connectivity index (χ2n) is 7.29. The number of hydrogen-bond donors (Lipinski definition) is 1. The van der Waals surface area contributed by atoms with E-state index in [2.05, 4.69) is 47.4 Å². The van der Waals surface area contributed by atoms with Crippen LogP contribution in [-0.2, 0) is 0 Å². The van der Waals surface area contributed by atoms with Crippen molar-refractivity contribution in [1.29, 1.82) is 0 Å². The number of ether oxygens (including phenoxy) is 3. The second-order valence-corrected chi connectivity index (χ2v) is 7.29. The third-order valence-electron chi connectivity index (χ3n) is 5.59. The highest BCUT2D eigenvalue weighted by Gasteiger charge is 2.15. The summed E-state index contributed by atoms with van der Waals surface area (Å²) in [4.78, 5) is 7.96. The molecule has 5 heteroatoms. The first-order valence-electron chi connectivity index (χ1n) is 9.98. The van der Waals surface area contributed by atoms with E-state index < -0.39 is 0 Å². The predicted octanol–water partition coefficient (Wildman–Crippen LogP) is 6.08. The molecular weight excluding hydrogens is 388 g/mol. The lowest BCUT2D eigenvalue weighted by atomic mass is 9.97. The second kappa shape index (κ2) is 7.69. The normalized spacial score (nSPS) is 11.1. The molecule has 0 aliphatic heterocycles. The first-order chi connectivity index (χ1) is 15.2. The van der Waals surface area contributed by atoms with Crippen molar-refractivity contribution in [1.82, 2.24) is 9.97 Å². The van der Waals surface area contributed by atoms with Crippen molar-refractivity contribution >= 4 is 21.7 Å². The molecule has 1 N–H and O–H groups in total. The Morgan fingerprint density at radius 3 is 2.19 bits per heavy atom. The molecule has 0 unspecified atom stereocenters. The minimum Gasteiger partial charge on any atom is -0.493 e. The van der Waals surface area contributed by atoms with E-state index in [4.69, 9.17) is 19.2 Å². The summed E-state index contributed by atoms with van der Waals surface area (Å²) in [5.41, 5.74) is 5.17. The minimum atomic E-state index is 0.580. The van der Waals surface area contributed by atoms with Gasteiger partial charge in [-0.25, -0.2) is 0 Å². The van der Waals surface area contributed by atoms with Crippen molar-refractivity contribution < 1.29 is 14.2 Å². The number of methoxy groups -OCH3 is 3. The molecule has 0 aliphatic rings. The summed E-state index contributed by atoms with van der Waals surface area (Å²) < 4.78 is 16.5. The Bertz CT molecular complexity index is 1380. The molecule has 0 spiro atoms. The maximum absolute atomic E-state index is 5.53. The van der Waals surface area contributed by atoms with Crippen LogP contribution in [0.4, 0.5) is 0 Å². The van der Waals surface area contributed by atoms with Crippen LogP contribution in [0, 0.1) is 0 Å². The van der Waals surface area contributed by atoms with Gasteiger partial charge in [0.25, 0.3) is 0 Å². The fourth-order valence-electron chi connectivity index (χ4n) is 4.03. The number of nitrogens with one attached hydrogen (secondary N) is 1. The highest BCUT2D eigenvalue weighted by Crippen LogP contribution is 2.42. The Labute approximate surface area is 180 Å². The number of aromatic nitrogens is 2. The minimum absolute atomic E-state index is 0.580. The van der Waals surface area contributed by atoms with Crippen LogP contribution in [0.25, 0.3) is 44.1 Å². The van der Waals surface area contributed by atoms with Crippen LogP contribution >= 0.6 is 0 Å². The maximum Gasteiger partial charge on any atom is 0.203 e. The number of hydrogen-bond acceptors (Lipinski definition) is 4. The van der Waals surface area contributed by atoms with Crippen LogP contribution in [0.5, 0.6) is 17.2 Å². The Morgan fingerprint density at radius 1 is 0.677 bits per heavy atom. The number of pyridine rings is 1. The Hall–Kier alpha value is -3.99. The van der Waals surface area contributed by atoms with Crippen molar-refractivity contribution in [2.45, 2.75) is 0 Å². The summed E-state index contributed by atoms with van der Waals surface area (Å²) in [6, 6.07) is 20.8. The average Bonchev–Trinajstić information content (AvgIpc) is 3.30. The van der Waals surface area contributed by atoms with E-state index >= 15 is 0 Å². The first kappa shape index (κ1) is 19.0. The predicted molar refractivity (Wildman–Crippen MR) is 124 cm³/mol. The van der Waals surface area contributed by atoms with Gasteiger partial charge in [0, 0.05) is 34.2 Å². The van der Waals surface area contributed by atoms with Crippen LogP contribution < -0.4 is 14.2 Å². The molecule has 0 atom stereocenters. The van der Waals surface area contributed by atoms with Crippen LogP contribution in [0.3, 0.4) is 0 Å². The third-order valence-corrected chi connectivity index (χ3v) is 5.59. The monoisotopic (exact) mass is 410 g/mol. The molecule has 0 saturated carbocycles. The maximum atomic E-state index is 5.53. The SMILES string of the molecule is COc1cc(-c2ccc3ccnc(-c4ccc5[nH]ccc5c4)c3c2)cc(OC)c1OC. The topological polar surface area (TPSA) is 56.4 Å². The van der Waals surface area contributed by atoms with Crippen molar-refractivity contribution in [2.24, 2.45) is 0 Å². The van der Waals surface area contributed by atoms with Gasteiger partial charge >= 0.3 is 0 Å². The fourth-order valence-corrected chi connectivity index (χ4v) is 4.03. The Kier molecular flexibility index (Phi) is 4.71. The van der Waals surface area contributed by atoms with Crippen molar-refractivity contribution in [3.05, 3.63) is 73.1 Å². The van der Waals surface area contributed by atoms with Crippen LogP contribution in [0.1, 0.15) is 0 Å². The van der Waals surface area contributed by atoms with Gasteiger partial charge in [0.1, 0.15) is 0 Å². The van der Waals surface area contributed by atoms with Crippen LogP contribution in [0.15, 0.2) is 73.1 Å². The molecule has 0 fully saturated rings. The van der Waals surface area contributed by atoms with E-state index in [0.29, 0.717) is 17.2 Å². The fraction of sp³-hybridized carbons (Fsp3) is 0.115. The zero-order valence-electron chi connectivity index (χ0n) is 17.6. The van der Waals surface area contributed by atoms with Crippen molar-refractivity contribution in [3.63, 3.8) is 0 Å². The largest absolute Gasteiger partial charge is 0.493 e. The van der Waals surface area contributed by atoms with Crippen molar-refractivity contribution in [2.75, 3.05) is 21.3 Å². The number of aromatic amines is 1.